The van der Waals surface area contributed by atoms with Crippen molar-refractivity contribution < 1.29 is 9.15 Å². The minimum atomic E-state index is -0.324. The lowest BCUT2D eigenvalue weighted by molar-refractivity contribution is 0.363. The molecular weight excluding hydrogens is 644 g/mol. The fourth-order valence-corrected chi connectivity index (χ4v) is 5.37. The van der Waals surface area contributed by atoms with Gasteiger partial charge in [-0.25, -0.2) is 4.98 Å². The molecule has 0 N–H and O–H groups in total. The van der Waals surface area contributed by atoms with Crippen LogP contribution in [0.5, 0.6) is 5.75 Å². The molecule has 0 fully saturated rings. The largest absolute Gasteiger partial charge is 0.476 e. The Bertz CT molecular complexity index is 1710. The van der Waals surface area contributed by atoms with E-state index < -0.39 is 0 Å². The Morgan fingerprint density at radius 3 is 2.63 bits per heavy atom. The zero-order valence-corrected chi connectivity index (χ0v) is 22.5. The molecule has 3 aromatic carbocycles. The summed E-state index contributed by atoms with van der Waals surface area (Å²) in [5, 5.41) is 14.6. The number of nitriles is 1. The Labute approximate surface area is 224 Å². The molecule has 172 valence electrons. The molecule has 0 bridgehead atoms. The third-order valence-electron chi connectivity index (χ3n) is 5.08. The Morgan fingerprint density at radius 2 is 1.86 bits per heavy atom. The number of hydrogen-bond donors (Lipinski definition) is 0. The Hall–Kier alpha value is -3.26. The molecule has 0 spiro atoms. The van der Waals surface area contributed by atoms with Crippen LogP contribution >= 0.6 is 47.8 Å². The molecule has 2 aromatic heterocycles. The van der Waals surface area contributed by atoms with E-state index >= 15 is 0 Å². The second kappa shape index (κ2) is 9.77. The van der Waals surface area contributed by atoms with Crippen molar-refractivity contribution in [3.05, 3.63) is 90.0 Å². The maximum Gasteiger partial charge on any atom is 0.282 e. The maximum absolute atomic E-state index is 13.4. The fourth-order valence-electron chi connectivity index (χ4n) is 3.54. The smallest absolute Gasteiger partial charge is 0.282 e. The highest BCUT2D eigenvalue weighted by atomic mass is 79.9. The van der Waals surface area contributed by atoms with Crippen LogP contribution < -0.4 is 10.3 Å². The molecule has 35 heavy (non-hydrogen) atoms. The topological polar surface area (TPSA) is 93.4 Å². The fraction of sp³-hybridized carbons (Fsp3) is 0.0400. The van der Waals surface area contributed by atoms with Crippen molar-refractivity contribution in [2.75, 3.05) is 6.61 Å². The number of rotatable bonds is 5. The van der Waals surface area contributed by atoms with Gasteiger partial charge in [0.2, 0.25) is 5.82 Å². The van der Waals surface area contributed by atoms with Crippen molar-refractivity contribution in [2.45, 2.75) is 0 Å². The lowest BCUT2D eigenvalue weighted by atomic mass is 10.2. The number of ether oxygens (including phenoxy) is 1. The minimum Gasteiger partial charge on any atom is -0.476 e. The molecule has 0 aliphatic carbocycles. The molecule has 0 saturated heterocycles. The lowest BCUT2D eigenvalue weighted by Gasteiger charge is -2.09. The number of para-hydroxylation sites is 1. The van der Waals surface area contributed by atoms with Gasteiger partial charge in [-0.1, -0.05) is 28.1 Å². The highest BCUT2D eigenvalue weighted by Crippen LogP contribution is 2.34. The van der Waals surface area contributed by atoms with E-state index in [1.54, 1.807) is 36.5 Å². The van der Waals surface area contributed by atoms with Crippen molar-refractivity contribution >= 4 is 75.9 Å². The van der Waals surface area contributed by atoms with Gasteiger partial charge in [0, 0.05) is 9.86 Å². The van der Waals surface area contributed by atoms with Crippen molar-refractivity contribution in [3.63, 3.8) is 0 Å². The molecule has 0 aliphatic heterocycles. The Balaban J connectivity index is 1.65. The van der Waals surface area contributed by atoms with Crippen molar-refractivity contribution in [1.82, 2.24) is 9.66 Å². The van der Waals surface area contributed by atoms with Gasteiger partial charge in [0.25, 0.3) is 5.56 Å². The highest BCUT2D eigenvalue weighted by Gasteiger charge is 2.17. The molecule has 0 unspecified atom stereocenters. The van der Waals surface area contributed by atoms with E-state index in [2.05, 4.69) is 52.9 Å². The zero-order chi connectivity index (χ0) is 24.5. The van der Waals surface area contributed by atoms with Gasteiger partial charge in [-0.2, -0.15) is 15.0 Å². The average molecular weight is 657 g/mol. The summed E-state index contributed by atoms with van der Waals surface area (Å²) in [5.74, 6) is 1.20. The molecule has 0 amide bonds. The predicted molar refractivity (Wildman–Crippen MR) is 145 cm³/mol. The first kappa shape index (κ1) is 23.5. The molecular formula is C25H13Br3N4O3. The van der Waals surface area contributed by atoms with Gasteiger partial charge >= 0.3 is 0 Å². The van der Waals surface area contributed by atoms with Crippen LogP contribution in [0, 0.1) is 11.3 Å². The van der Waals surface area contributed by atoms with Gasteiger partial charge in [-0.15, -0.1) is 0 Å². The Morgan fingerprint density at radius 1 is 1.09 bits per heavy atom. The monoisotopic (exact) mass is 654 g/mol. The number of halogens is 3. The second-order valence-electron chi connectivity index (χ2n) is 7.37. The summed E-state index contributed by atoms with van der Waals surface area (Å²) in [7, 11) is 0. The summed E-state index contributed by atoms with van der Waals surface area (Å²) in [6, 6.07) is 20.1. The molecule has 0 saturated carbocycles. The van der Waals surface area contributed by atoms with Crippen LogP contribution in [0.4, 0.5) is 0 Å². The number of hydrogen-bond acceptors (Lipinski definition) is 6. The number of benzene rings is 3. The zero-order valence-electron chi connectivity index (χ0n) is 17.7. The first-order chi connectivity index (χ1) is 16.9. The van der Waals surface area contributed by atoms with E-state index in [9.17, 15) is 4.79 Å². The normalized spacial score (nSPS) is 11.4. The van der Waals surface area contributed by atoms with Crippen LogP contribution in [0.25, 0.3) is 33.5 Å². The average Bonchev–Trinajstić information content (AvgIpc) is 3.26. The molecule has 5 aromatic rings. The van der Waals surface area contributed by atoms with E-state index in [0.29, 0.717) is 42.5 Å². The standard InChI is InChI=1S/C25H13Br3N4O3/c26-16-5-6-21-15(11-16)12-22(35-21)24-31-20-4-2-1-3-17(20)25(33)32(24)30-13-14-9-18(27)23(19(28)10-14)34-8-7-29/h1-6,9-13H,8H2. The quantitative estimate of drug-likeness (QED) is 0.192. The van der Waals surface area contributed by atoms with Crippen molar-refractivity contribution in [3.8, 4) is 23.4 Å². The van der Waals surface area contributed by atoms with Crippen LogP contribution in [-0.4, -0.2) is 22.5 Å². The van der Waals surface area contributed by atoms with E-state index in [1.165, 1.54) is 4.68 Å². The number of furan rings is 1. The molecule has 7 nitrogen and oxygen atoms in total. The van der Waals surface area contributed by atoms with E-state index in [-0.39, 0.29) is 18.0 Å². The molecule has 0 aliphatic rings. The Kier molecular flexibility index (Phi) is 6.56. The molecule has 5 rings (SSSR count). The summed E-state index contributed by atoms with van der Waals surface area (Å²) in [6.45, 7) is -0.0831. The summed E-state index contributed by atoms with van der Waals surface area (Å²) < 4.78 is 14.9. The predicted octanol–water partition coefficient (Wildman–Crippen LogP) is 6.88. The lowest BCUT2D eigenvalue weighted by Crippen LogP contribution is -2.20. The molecule has 0 atom stereocenters. The van der Waals surface area contributed by atoms with Gasteiger partial charge in [0.1, 0.15) is 17.4 Å². The summed E-state index contributed by atoms with van der Waals surface area (Å²) in [5.41, 5.74) is 1.58. The SMILES string of the molecule is N#CCOc1c(Br)cc(C=Nn2c(-c3cc4cc(Br)ccc4o3)nc3ccccc3c2=O)cc1Br. The summed E-state index contributed by atoms with van der Waals surface area (Å²) >= 11 is 10.4. The molecule has 2 heterocycles. The van der Waals surface area contributed by atoms with E-state index in [4.69, 9.17) is 19.4 Å². The number of nitrogens with zero attached hydrogens (tertiary/aromatic N) is 4. The van der Waals surface area contributed by atoms with Crippen LogP contribution in [0.3, 0.4) is 0 Å². The number of fused-ring (bicyclic) bond motifs is 2. The third-order valence-corrected chi connectivity index (χ3v) is 6.75. The van der Waals surface area contributed by atoms with Gasteiger partial charge in [-0.05, 0) is 86.0 Å². The molecule has 0 radical (unpaired) electrons. The number of aromatic nitrogens is 2. The van der Waals surface area contributed by atoms with E-state index in [1.807, 2.05) is 36.4 Å². The minimum absolute atomic E-state index is 0.0831. The highest BCUT2D eigenvalue weighted by molar-refractivity contribution is 9.11. The van der Waals surface area contributed by atoms with Crippen LogP contribution in [0.1, 0.15) is 5.56 Å². The first-order valence-corrected chi connectivity index (χ1v) is 12.6. The maximum atomic E-state index is 13.4. The molecule has 10 heteroatoms. The van der Waals surface area contributed by atoms with E-state index in [0.717, 1.165) is 9.86 Å². The third kappa shape index (κ3) is 4.67. The second-order valence-corrected chi connectivity index (χ2v) is 9.99. The van der Waals surface area contributed by atoms with Gasteiger partial charge in [0.05, 0.1) is 26.1 Å². The van der Waals surface area contributed by atoms with Gasteiger partial charge < -0.3 is 9.15 Å². The first-order valence-electron chi connectivity index (χ1n) is 10.2. The van der Waals surface area contributed by atoms with Crippen molar-refractivity contribution in [1.29, 1.82) is 5.26 Å². The summed E-state index contributed by atoms with van der Waals surface area (Å²) in [6.07, 6.45) is 1.55. The summed E-state index contributed by atoms with van der Waals surface area (Å²) in [4.78, 5) is 18.1. The van der Waals surface area contributed by atoms with Crippen LogP contribution in [0.15, 0.2) is 88.4 Å². The van der Waals surface area contributed by atoms with Crippen LogP contribution in [-0.2, 0) is 0 Å². The van der Waals surface area contributed by atoms with Gasteiger partial charge in [-0.3, -0.25) is 4.79 Å². The van der Waals surface area contributed by atoms with Gasteiger partial charge in [0.15, 0.2) is 12.4 Å². The van der Waals surface area contributed by atoms with Crippen molar-refractivity contribution in [2.24, 2.45) is 5.10 Å². The van der Waals surface area contributed by atoms with Crippen LogP contribution in [0.2, 0.25) is 0 Å².